The zero-order valence-corrected chi connectivity index (χ0v) is 43.3. The van der Waals surface area contributed by atoms with Gasteiger partial charge in [-0.05, 0) is 72.4 Å². The molecule has 2 aromatic heterocycles. The first kappa shape index (κ1) is 52.4. The van der Waals surface area contributed by atoms with E-state index in [1.165, 1.54) is 4.90 Å². The van der Waals surface area contributed by atoms with E-state index in [0.717, 1.165) is 32.8 Å². The molecule has 4 amide bonds. The van der Waals surface area contributed by atoms with E-state index in [1.54, 1.807) is 47.9 Å². The van der Waals surface area contributed by atoms with Crippen LogP contribution in [0.25, 0.3) is 21.6 Å². The number of thiazole rings is 1. The fourth-order valence-corrected chi connectivity index (χ4v) is 11.0. The molecule has 0 unspecified atom stereocenters. The van der Waals surface area contributed by atoms with Crippen LogP contribution in [0.3, 0.4) is 0 Å². The summed E-state index contributed by atoms with van der Waals surface area (Å²) < 4.78 is 6.37. The van der Waals surface area contributed by atoms with Gasteiger partial charge in [-0.2, -0.15) is 5.26 Å². The van der Waals surface area contributed by atoms with Gasteiger partial charge in [0.1, 0.15) is 35.8 Å². The maximum absolute atomic E-state index is 14.1. The van der Waals surface area contributed by atoms with Crippen LogP contribution in [0.2, 0.25) is 5.02 Å². The van der Waals surface area contributed by atoms with Crippen molar-refractivity contribution in [3.8, 4) is 33.4 Å². The van der Waals surface area contributed by atoms with Crippen molar-refractivity contribution in [1.29, 1.82) is 5.26 Å². The highest BCUT2D eigenvalue weighted by atomic mass is 35.5. The number of rotatable bonds is 17. The normalized spacial score (nSPS) is 19.9. The van der Waals surface area contributed by atoms with Crippen LogP contribution in [0.15, 0.2) is 90.6 Å². The van der Waals surface area contributed by atoms with Crippen LogP contribution in [0.1, 0.15) is 95.0 Å². The lowest BCUT2D eigenvalue weighted by molar-refractivity contribution is -0.164. The van der Waals surface area contributed by atoms with Gasteiger partial charge in [0, 0.05) is 66.3 Å². The van der Waals surface area contributed by atoms with Crippen LogP contribution in [0, 0.1) is 34.5 Å². The van der Waals surface area contributed by atoms with Gasteiger partial charge >= 0.3 is 0 Å². The van der Waals surface area contributed by atoms with Gasteiger partial charge in [-0.3, -0.25) is 19.2 Å². The Bertz CT molecular complexity index is 2750. The SMILES string of the molecule is Cc1ncsc1-c1ccc([C@H](C)NC(=O)[C@@H]2C[C@@H](O)CN2C(=O)[C@@H](NC(=O)CNCCNc2ccc(-c3ccc(C(=O)NC4C(C)(C)C(Oc5ccc(C#N)c(Cl)c5)C4(C)C)cc3)cn2)C(C)(C)C)cc1. The van der Waals surface area contributed by atoms with E-state index < -0.39 is 40.3 Å². The summed E-state index contributed by atoms with van der Waals surface area (Å²) >= 11 is 7.82. The summed E-state index contributed by atoms with van der Waals surface area (Å²) in [6.07, 6.45) is 0.748. The first-order valence-electron chi connectivity index (χ1n) is 23.9. The second-order valence-electron chi connectivity index (χ2n) is 20.8. The highest BCUT2D eigenvalue weighted by Crippen LogP contribution is 2.55. The van der Waals surface area contributed by atoms with Crippen LogP contribution < -0.4 is 31.3 Å². The number of hydrogen-bond acceptors (Lipinski definition) is 12. The van der Waals surface area contributed by atoms with Crippen molar-refractivity contribution in [2.45, 2.75) is 105 Å². The Morgan fingerprint density at radius 1 is 0.930 bits per heavy atom. The Morgan fingerprint density at radius 3 is 2.21 bits per heavy atom. The highest BCUT2D eigenvalue weighted by molar-refractivity contribution is 7.13. The van der Waals surface area contributed by atoms with Gasteiger partial charge in [0.25, 0.3) is 5.91 Å². The number of amides is 4. The number of β-amino-alcohol motifs (C(OH)–C–C–N with tert-alkyl or cyclic N) is 1. The number of carbonyl (C=O) groups is 4. The zero-order valence-electron chi connectivity index (χ0n) is 41.7. The molecule has 2 aliphatic rings. The third-order valence-electron chi connectivity index (χ3n) is 13.6. The molecule has 3 heterocycles. The van der Waals surface area contributed by atoms with Crippen LogP contribution >= 0.6 is 22.9 Å². The van der Waals surface area contributed by atoms with Gasteiger partial charge in [0.05, 0.1) is 45.4 Å². The molecule has 374 valence electrons. The second kappa shape index (κ2) is 21.5. The number of aryl methyl sites for hydroxylation is 1. The standard InChI is InChI=1S/C54H64ClN9O6S/c1-31(33-10-14-35(15-11-33)45-32(2)60-30-71-45)61-48(68)42-24-39(65)29-64(42)49(69)46(52(3,4)5)62-44(66)28-57-22-23-58-43-21-19-38(27-59-43)34-12-16-36(17-13-34)47(67)63-50-53(6,7)51(54(50,8)9)70-40-20-18-37(26-56)41(55)25-40/h10-21,25,27,30-31,39,42,46,50-51,57,65H,22-24,28-29H2,1-9H3,(H,58,59)(H,61,68)(H,62,66)(H,63,67)/t31-,39+,42-,46+,50?,51?/m0/s1. The molecule has 71 heavy (non-hydrogen) atoms. The molecule has 0 bridgehead atoms. The Morgan fingerprint density at radius 2 is 1.61 bits per heavy atom. The number of benzene rings is 3. The number of aliphatic hydroxyl groups is 1. The lowest BCUT2D eigenvalue weighted by Gasteiger charge is -2.63. The molecule has 3 aromatic carbocycles. The molecular weight excluding hydrogens is 938 g/mol. The number of aliphatic hydroxyl groups excluding tert-OH is 1. The number of nitrogens with one attached hydrogen (secondary N) is 5. The predicted octanol–water partition coefficient (Wildman–Crippen LogP) is 7.69. The van der Waals surface area contributed by atoms with Crippen LogP contribution in [0.4, 0.5) is 5.82 Å². The molecule has 15 nitrogen and oxygen atoms in total. The first-order valence-corrected chi connectivity index (χ1v) is 25.1. The number of hydrogen-bond donors (Lipinski definition) is 6. The Balaban J connectivity index is 0.847. The summed E-state index contributed by atoms with van der Waals surface area (Å²) in [6.45, 7) is 18.5. The second-order valence-corrected chi connectivity index (χ2v) is 22.1. The van der Waals surface area contributed by atoms with Crippen molar-refractivity contribution in [2.24, 2.45) is 16.2 Å². The largest absolute Gasteiger partial charge is 0.489 e. The molecule has 6 N–H and O–H groups in total. The fourth-order valence-electron chi connectivity index (χ4n) is 10.0. The number of nitrogens with zero attached hydrogens (tertiary/aromatic N) is 4. The Kier molecular flexibility index (Phi) is 15.9. The monoisotopic (exact) mass is 1000 g/mol. The number of halogens is 1. The molecule has 4 atom stereocenters. The Hall–Kier alpha value is -6.38. The summed E-state index contributed by atoms with van der Waals surface area (Å²) in [5, 5.41) is 35.8. The number of aromatic nitrogens is 2. The van der Waals surface area contributed by atoms with E-state index in [0.29, 0.717) is 40.8 Å². The average molecular weight is 1000 g/mol. The van der Waals surface area contributed by atoms with Gasteiger partial charge in [0.15, 0.2) is 0 Å². The van der Waals surface area contributed by atoms with E-state index in [-0.39, 0.29) is 55.4 Å². The number of ether oxygens (including phenoxy) is 1. The lowest BCUT2D eigenvalue weighted by atomic mass is 9.49. The summed E-state index contributed by atoms with van der Waals surface area (Å²) in [7, 11) is 0. The number of anilines is 1. The maximum Gasteiger partial charge on any atom is 0.251 e. The molecule has 1 aliphatic carbocycles. The van der Waals surface area contributed by atoms with E-state index in [1.807, 2.05) is 88.7 Å². The van der Waals surface area contributed by atoms with Crippen LogP contribution in [-0.2, 0) is 14.4 Å². The van der Waals surface area contributed by atoms with Gasteiger partial charge in [-0.25, -0.2) is 9.97 Å². The van der Waals surface area contributed by atoms with Gasteiger partial charge < -0.3 is 41.3 Å². The average Bonchev–Trinajstić information content (AvgIpc) is 3.96. The van der Waals surface area contributed by atoms with Crippen molar-refractivity contribution < 1.29 is 29.0 Å². The lowest BCUT2D eigenvalue weighted by Crippen LogP contribution is -2.74. The van der Waals surface area contributed by atoms with Crippen molar-refractivity contribution >= 4 is 52.4 Å². The van der Waals surface area contributed by atoms with Gasteiger partial charge in [-0.1, -0.05) is 96.5 Å². The van der Waals surface area contributed by atoms with Crippen LogP contribution in [-0.4, -0.2) is 100 Å². The Labute approximate surface area is 425 Å². The van der Waals surface area contributed by atoms with Gasteiger partial charge in [-0.15, -0.1) is 11.3 Å². The minimum atomic E-state index is -0.948. The topological polar surface area (TPSA) is 211 Å². The molecule has 1 aliphatic heterocycles. The van der Waals surface area contributed by atoms with E-state index >= 15 is 0 Å². The number of pyridine rings is 1. The molecule has 1 saturated heterocycles. The van der Waals surface area contributed by atoms with Crippen molar-refractivity contribution in [3.05, 3.63) is 118 Å². The molecule has 0 radical (unpaired) electrons. The van der Waals surface area contributed by atoms with Crippen molar-refractivity contribution in [3.63, 3.8) is 0 Å². The maximum atomic E-state index is 14.1. The predicted molar refractivity (Wildman–Crippen MR) is 277 cm³/mol. The molecular formula is C54H64ClN9O6S. The van der Waals surface area contributed by atoms with Crippen molar-refractivity contribution in [2.75, 3.05) is 31.5 Å². The minimum Gasteiger partial charge on any atom is -0.489 e. The molecule has 5 aromatic rings. The van der Waals surface area contributed by atoms with Crippen LogP contribution in [0.5, 0.6) is 5.75 Å². The summed E-state index contributed by atoms with van der Waals surface area (Å²) in [6, 6.07) is 23.8. The number of carbonyl (C=O) groups excluding carboxylic acids is 4. The number of nitriles is 1. The zero-order chi connectivity index (χ0) is 51.4. The molecule has 0 spiro atoms. The minimum absolute atomic E-state index is 0.0161. The third-order valence-corrected chi connectivity index (χ3v) is 14.9. The third kappa shape index (κ3) is 11.9. The molecule has 17 heteroatoms. The molecule has 1 saturated carbocycles. The quantitative estimate of drug-likeness (QED) is 0.0498. The van der Waals surface area contributed by atoms with Gasteiger partial charge in [0.2, 0.25) is 17.7 Å². The molecule has 2 fully saturated rings. The van der Waals surface area contributed by atoms with Crippen molar-refractivity contribution in [1.82, 2.24) is 36.1 Å². The highest BCUT2D eigenvalue weighted by Gasteiger charge is 2.64. The smallest absolute Gasteiger partial charge is 0.251 e. The molecule has 7 rings (SSSR count). The summed E-state index contributed by atoms with van der Waals surface area (Å²) in [4.78, 5) is 65.9. The number of likely N-dealkylation sites (tertiary alicyclic amines) is 1. The summed E-state index contributed by atoms with van der Waals surface area (Å²) in [5.41, 5.74) is 5.92. The van der Waals surface area contributed by atoms with E-state index in [2.05, 4.69) is 70.3 Å². The fraction of sp³-hybridized carbons (Fsp3) is 0.426. The van der Waals surface area contributed by atoms with E-state index in [4.69, 9.17) is 16.3 Å². The summed E-state index contributed by atoms with van der Waals surface area (Å²) in [5.74, 6) is -0.139. The van der Waals surface area contributed by atoms with E-state index in [9.17, 15) is 29.5 Å². The first-order chi connectivity index (χ1) is 33.6.